The summed E-state index contributed by atoms with van der Waals surface area (Å²) in [5.74, 6) is 0.536. The molecule has 0 radical (unpaired) electrons. The van der Waals surface area contributed by atoms with Gasteiger partial charge in [-0.15, -0.1) is 0 Å². The first-order chi connectivity index (χ1) is 12.6. The highest BCUT2D eigenvalue weighted by atomic mass is 35.5. The summed E-state index contributed by atoms with van der Waals surface area (Å²) < 4.78 is 0. The lowest BCUT2D eigenvalue weighted by Crippen LogP contribution is -2.47. The molecular formula is C19H22ClN5O. The van der Waals surface area contributed by atoms with Crippen LogP contribution in [-0.2, 0) is 0 Å². The Morgan fingerprint density at radius 2 is 1.85 bits per heavy atom. The Bertz CT molecular complexity index is 815. The Kier molecular flexibility index (Phi) is 4.68. The van der Waals surface area contributed by atoms with E-state index in [-0.39, 0.29) is 5.91 Å². The van der Waals surface area contributed by atoms with Crippen molar-refractivity contribution in [1.82, 2.24) is 15.3 Å². The van der Waals surface area contributed by atoms with Crippen molar-refractivity contribution in [2.75, 3.05) is 36.0 Å². The van der Waals surface area contributed by atoms with Gasteiger partial charge in [0.2, 0.25) is 5.95 Å². The number of aromatic nitrogens is 2. The first-order valence-electron chi connectivity index (χ1n) is 9.00. The van der Waals surface area contributed by atoms with Crippen LogP contribution in [0.5, 0.6) is 0 Å². The number of hydrogen-bond donors (Lipinski definition) is 1. The molecule has 1 aliphatic carbocycles. The highest BCUT2D eigenvalue weighted by molar-refractivity contribution is 6.30. The summed E-state index contributed by atoms with van der Waals surface area (Å²) in [6.07, 6.45) is 2.13. The van der Waals surface area contributed by atoms with Crippen molar-refractivity contribution >= 4 is 29.1 Å². The summed E-state index contributed by atoms with van der Waals surface area (Å²) in [6, 6.07) is 9.99. The molecule has 1 N–H and O–H groups in total. The number of nitrogens with one attached hydrogen (secondary N) is 1. The first kappa shape index (κ1) is 17.1. The van der Waals surface area contributed by atoms with Crippen molar-refractivity contribution < 1.29 is 4.79 Å². The summed E-state index contributed by atoms with van der Waals surface area (Å²) in [4.78, 5) is 25.8. The Labute approximate surface area is 158 Å². The van der Waals surface area contributed by atoms with Gasteiger partial charge < -0.3 is 15.1 Å². The van der Waals surface area contributed by atoms with Crippen LogP contribution in [0.4, 0.5) is 11.6 Å². The van der Waals surface area contributed by atoms with E-state index in [0.29, 0.717) is 17.7 Å². The van der Waals surface area contributed by atoms with Gasteiger partial charge in [0, 0.05) is 48.6 Å². The van der Waals surface area contributed by atoms with E-state index in [9.17, 15) is 4.79 Å². The number of amides is 1. The molecule has 0 unspecified atom stereocenters. The van der Waals surface area contributed by atoms with E-state index in [1.165, 1.54) is 0 Å². The summed E-state index contributed by atoms with van der Waals surface area (Å²) in [6.45, 7) is 5.24. The van der Waals surface area contributed by atoms with Crippen LogP contribution in [0.3, 0.4) is 0 Å². The third-order valence-corrected chi connectivity index (χ3v) is 4.96. The number of halogens is 1. The van der Waals surface area contributed by atoms with Crippen molar-refractivity contribution in [3.8, 4) is 0 Å². The van der Waals surface area contributed by atoms with Crippen LogP contribution in [0, 0.1) is 6.92 Å². The normalized spacial score (nSPS) is 17.3. The third-order valence-electron chi connectivity index (χ3n) is 4.72. The van der Waals surface area contributed by atoms with Crippen molar-refractivity contribution in [1.29, 1.82) is 0 Å². The smallest absolute Gasteiger partial charge is 0.270 e. The van der Waals surface area contributed by atoms with E-state index in [0.717, 1.165) is 55.4 Å². The van der Waals surface area contributed by atoms with E-state index in [1.54, 1.807) is 6.07 Å². The fraction of sp³-hybridized carbons (Fsp3) is 0.421. The molecular weight excluding hydrogens is 350 g/mol. The van der Waals surface area contributed by atoms with Crippen LogP contribution in [0.1, 0.15) is 29.0 Å². The maximum atomic E-state index is 12.3. The minimum atomic E-state index is -0.100. The molecule has 1 saturated heterocycles. The molecule has 0 atom stereocenters. The van der Waals surface area contributed by atoms with Crippen LogP contribution >= 0.6 is 11.6 Å². The number of aryl methyl sites for hydroxylation is 1. The van der Waals surface area contributed by atoms with E-state index >= 15 is 0 Å². The molecule has 6 nitrogen and oxygen atoms in total. The van der Waals surface area contributed by atoms with Gasteiger partial charge in [0.05, 0.1) is 0 Å². The SMILES string of the molecule is Cc1cc(C(=O)NC2CC2)nc(N2CCN(c3cccc(Cl)c3)CC2)n1. The predicted octanol–water partition coefficient (Wildman–Crippen LogP) is 2.66. The Morgan fingerprint density at radius 3 is 2.54 bits per heavy atom. The maximum absolute atomic E-state index is 12.3. The fourth-order valence-corrected chi connectivity index (χ4v) is 3.32. The third kappa shape index (κ3) is 3.90. The Hall–Kier alpha value is -2.34. The topological polar surface area (TPSA) is 61.4 Å². The number of rotatable bonds is 4. The Morgan fingerprint density at radius 1 is 1.12 bits per heavy atom. The van der Waals surface area contributed by atoms with Gasteiger partial charge in [0.1, 0.15) is 5.69 Å². The number of carbonyl (C=O) groups is 1. The molecule has 4 rings (SSSR count). The summed E-state index contributed by atoms with van der Waals surface area (Å²) >= 11 is 6.10. The average molecular weight is 372 g/mol. The van der Waals surface area contributed by atoms with Crippen LogP contribution in [-0.4, -0.2) is 48.1 Å². The largest absolute Gasteiger partial charge is 0.368 e. The van der Waals surface area contributed by atoms with Crippen molar-refractivity contribution in [2.45, 2.75) is 25.8 Å². The summed E-state index contributed by atoms with van der Waals surface area (Å²) in [5.41, 5.74) is 2.40. The molecule has 2 fully saturated rings. The van der Waals surface area contributed by atoms with Crippen molar-refractivity contribution in [3.63, 3.8) is 0 Å². The standard InChI is InChI=1S/C19H22ClN5O/c1-13-11-17(18(26)22-15-5-6-15)23-19(21-13)25-9-7-24(8-10-25)16-4-2-3-14(20)12-16/h2-4,11-12,15H,5-10H2,1H3,(H,22,26). The molecule has 2 aliphatic rings. The molecule has 7 heteroatoms. The minimum Gasteiger partial charge on any atom is -0.368 e. The monoisotopic (exact) mass is 371 g/mol. The zero-order valence-corrected chi connectivity index (χ0v) is 15.5. The maximum Gasteiger partial charge on any atom is 0.270 e. The van der Waals surface area contributed by atoms with Crippen LogP contribution in [0.15, 0.2) is 30.3 Å². The van der Waals surface area contributed by atoms with Gasteiger partial charge in [-0.05, 0) is 44.0 Å². The molecule has 0 spiro atoms. The molecule has 2 heterocycles. The highest BCUT2D eigenvalue weighted by Gasteiger charge is 2.26. The van der Waals surface area contributed by atoms with E-state index in [2.05, 4.69) is 31.2 Å². The lowest BCUT2D eigenvalue weighted by atomic mass is 10.2. The molecule has 26 heavy (non-hydrogen) atoms. The lowest BCUT2D eigenvalue weighted by molar-refractivity contribution is 0.0946. The molecule has 1 aromatic carbocycles. The van der Waals surface area contributed by atoms with Crippen molar-refractivity contribution in [3.05, 3.63) is 46.7 Å². The molecule has 2 aromatic rings. The molecule has 136 valence electrons. The quantitative estimate of drug-likeness (QED) is 0.895. The summed E-state index contributed by atoms with van der Waals surface area (Å²) in [5, 5.41) is 3.74. The second-order valence-corrected chi connectivity index (χ2v) is 7.33. The van der Waals surface area contributed by atoms with Gasteiger partial charge in [0.25, 0.3) is 5.91 Å². The second-order valence-electron chi connectivity index (χ2n) is 6.90. The van der Waals surface area contributed by atoms with Gasteiger partial charge in [-0.3, -0.25) is 4.79 Å². The number of benzene rings is 1. The van der Waals surface area contributed by atoms with Crippen molar-refractivity contribution in [2.24, 2.45) is 0 Å². The fourth-order valence-electron chi connectivity index (χ4n) is 3.14. The number of hydrogen-bond acceptors (Lipinski definition) is 5. The lowest BCUT2D eigenvalue weighted by Gasteiger charge is -2.36. The zero-order valence-electron chi connectivity index (χ0n) is 14.8. The van der Waals surface area contributed by atoms with Gasteiger partial charge in [-0.25, -0.2) is 9.97 Å². The molecule has 1 aromatic heterocycles. The van der Waals surface area contributed by atoms with Crippen LogP contribution in [0.25, 0.3) is 0 Å². The summed E-state index contributed by atoms with van der Waals surface area (Å²) in [7, 11) is 0. The number of nitrogens with zero attached hydrogens (tertiary/aromatic N) is 4. The van der Waals surface area contributed by atoms with Gasteiger partial charge >= 0.3 is 0 Å². The number of piperazine rings is 1. The predicted molar refractivity (Wildman–Crippen MR) is 103 cm³/mol. The second kappa shape index (κ2) is 7.11. The van der Waals surface area contributed by atoms with Gasteiger partial charge in [-0.1, -0.05) is 17.7 Å². The highest BCUT2D eigenvalue weighted by Crippen LogP contribution is 2.23. The molecule has 1 amide bonds. The van der Waals surface area contributed by atoms with E-state index < -0.39 is 0 Å². The number of anilines is 2. The van der Waals surface area contributed by atoms with Gasteiger partial charge in [-0.2, -0.15) is 0 Å². The minimum absolute atomic E-state index is 0.100. The number of carbonyl (C=O) groups excluding carboxylic acids is 1. The molecule has 0 bridgehead atoms. The Balaban J connectivity index is 1.45. The molecule has 1 saturated carbocycles. The first-order valence-corrected chi connectivity index (χ1v) is 9.38. The zero-order chi connectivity index (χ0) is 18.1. The van der Waals surface area contributed by atoms with Crippen LogP contribution in [0.2, 0.25) is 5.02 Å². The van der Waals surface area contributed by atoms with Gasteiger partial charge in [0.15, 0.2) is 0 Å². The van der Waals surface area contributed by atoms with Crippen LogP contribution < -0.4 is 15.1 Å². The van der Waals surface area contributed by atoms with E-state index in [4.69, 9.17) is 11.6 Å². The average Bonchev–Trinajstić information content (AvgIpc) is 3.45. The van der Waals surface area contributed by atoms with E-state index in [1.807, 2.05) is 25.1 Å². The molecule has 1 aliphatic heterocycles.